The first-order valence-corrected chi connectivity index (χ1v) is 12.6. The molecule has 0 aliphatic heterocycles. The van der Waals surface area contributed by atoms with Crippen molar-refractivity contribution in [3.05, 3.63) is 78.1 Å². The van der Waals surface area contributed by atoms with Crippen LogP contribution in [-0.2, 0) is 17.9 Å². The van der Waals surface area contributed by atoms with E-state index in [1.54, 1.807) is 30.7 Å². The molecule has 0 fully saturated rings. The number of hydrogen-bond donors (Lipinski definition) is 2. The summed E-state index contributed by atoms with van der Waals surface area (Å²) < 4.78 is 20.2. The predicted molar refractivity (Wildman–Crippen MR) is 149 cm³/mol. The van der Waals surface area contributed by atoms with E-state index in [0.717, 1.165) is 23.0 Å². The van der Waals surface area contributed by atoms with Crippen LogP contribution in [0.15, 0.2) is 67.0 Å². The van der Waals surface area contributed by atoms with Crippen molar-refractivity contribution in [2.75, 3.05) is 27.9 Å². The number of imidazole rings is 1. The summed E-state index contributed by atoms with van der Waals surface area (Å²) in [5.41, 5.74) is 2.23. The van der Waals surface area contributed by atoms with Crippen molar-refractivity contribution in [2.24, 2.45) is 0 Å². The number of benzene rings is 2. The molecule has 2 N–H and O–H groups in total. The first kappa shape index (κ1) is 27.3. The number of aryl methyl sites for hydroxylation is 2. The molecule has 10 heteroatoms. The maximum atomic E-state index is 13.4. The zero-order valence-corrected chi connectivity index (χ0v) is 22.6. The third-order valence-electron chi connectivity index (χ3n) is 6.32. The zero-order chi connectivity index (χ0) is 27.8. The van der Waals surface area contributed by atoms with Gasteiger partial charge >= 0.3 is 0 Å². The number of methoxy groups -OCH3 is 3. The average Bonchev–Trinajstić information content (AvgIpc) is 3.61. The summed E-state index contributed by atoms with van der Waals surface area (Å²) in [6.07, 6.45) is 9.69. The largest absolute Gasteiger partial charge is 0.493 e. The molecule has 39 heavy (non-hydrogen) atoms. The van der Waals surface area contributed by atoms with Crippen LogP contribution in [0.25, 0.3) is 17.0 Å². The number of nitrogens with zero attached hydrogens (tertiary/aromatic N) is 3. The van der Waals surface area contributed by atoms with Gasteiger partial charge in [-0.3, -0.25) is 9.59 Å². The third kappa shape index (κ3) is 6.23. The fraction of sp³-hybridized carbons (Fsp3) is 0.276. The Morgan fingerprint density at radius 3 is 2.44 bits per heavy atom. The molecule has 2 amide bonds. The van der Waals surface area contributed by atoms with Crippen LogP contribution in [0.2, 0.25) is 0 Å². The molecule has 10 nitrogen and oxygen atoms in total. The summed E-state index contributed by atoms with van der Waals surface area (Å²) in [7, 11) is 4.45. The fourth-order valence-corrected chi connectivity index (χ4v) is 4.35. The van der Waals surface area contributed by atoms with Gasteiger partial charge in [-0.05, 0) is 37.6 Å². The number of para-hydroxylation sites is 1. The van der Waals surface area contributed by atoms with Crippen LogP contribution >= 0.6 is 0 Å². The Bertz CT molecular complexity index is 1450. The van der Waals surface area contributed by atoms with Crippen molar-refractivity contribution in [2.45, 2.75) is 26.4 Å². The summed E-state index contributed by atoms with van der Waals surface area (Å²) in [5, 5.41) is 6.70. The Morgan fingerprint density at radius 2 is 1.79 bits per heavy atom. The van der Waals surface area contributed by atoms with E-state index >= 15 is 0 Å². The molecule has 2 heterocycles. The number of aromatic nitrogens is 3. The summed E-state index contributed by atoms with van der Waals surface area (Å²) in [6, 6.07) is 11.0. The van der Waals surface area contributed by atoms with Gasteiger partial charge in [0.05, 0.1) is 27.7 Å². The molecular weight excluding hydrogens is 498 g/mol. The third-order valence-corrected chi connectivity index (χ3v) is 6.32. The zero-order valence-electron chi connectivity index (χ0n) is 22.6. The minimum absolute atomic E-state index is 0.121. The fourth-order valence-electron chi connectivity index (χ4n) is 4.35. The summed E-state index contributed by atoms with van der Waals surface area (Å²) >= 11 is 0. The lowest BCUT2D eigenvalue weighted by molar-refractivity contribution is -0.117. The SMILES string of the molecule is CCn1cc(/C=C(\NC(=O)c2cc(OC)c(OC)c(OC)c2)C(=O)NCCCn2ccnc2)c2ccccc21. The van der Waals surface area contributed by atoms with Gasteiger partial charge in [0.25, 0.3) is 11.8 Å². The van der Waals surface area contributed by atoms with E-state index in [1.807, 2.05) is 41.2 Å². The van der Waals surface area contributed by atoms with Gasteiger partial charge in [0.15, 0.2) is 11.5 Å². The van der Waals surface area contributed by atoms with Crippen LogP contribution in [0.3, 0.4) is 0 Å². The topological polar surface area (TPSA) is 109 Å². The Hall–Kier alpha value is -4.73. The second-order valence-electron chi connectivity index (χ2n) is 8.72. The molecule has 204 valence electrons. The Morgan fingerprint density at radius 1 is 1.05 bits per heavy atom. The van der Waals surface area contributed by atoms with E-state index in [-0.39, 0.29) is 11.3 Å². The highest BCUT2D eigenvalue weighted by Crippen LogP contribution is 2.38. The number of rotatable bonds is 12. The Kier molecular flexibility index (Phi) is 8.88. The van der Waals surface area contributed by atoms with Crippen LogP contribution in [0.5, 0.6) is 17.2 Å². The van der Waals surface area contributed by atoms with Gasteiger partial charge in [0.1, 0.15) is 5.70 Å². The summed E-state index contributed by atoms with van der Waals surface area (Å²) in [6.45, 7) is 3.95. The lowest BCUT2D eigenvalue weighted by Gasteiger charge is -2.15. The van der Waals surface area contributed by atoms with Gasteiger partial charge in [0, 0.05) is 60.3 Å². The number of fused-ring (bicyclic) bond motifs is 1. The molecule has 2 aromatic heterocycles. The molecular formula is C29H33N5O5. The van der Waals surface area contributed by atoms with Crippen molar-refractivity contribution >= 4 is 28.8 Å². The lowest BCUT2D eigenvalue weighted by atomic mass is 10.1. The molecule has 0 saturated heterocycles. The summed E-state index contributed by atoms with van der Waals surface area (Å²) in [5.74, 6) is 0.156. The maximum Gasteiger partial charge on any atom is 0.267 e. The second-order valence-corrected chi connectivity index (χ2v) is 8.72. The van der Waals surface area contributed by atoms with Crippen LogP contribution in [0.4, 0.5) is 0 Å². The van der Waals surface area contributed by atoms with Crippen molar-refractivity contribution < 1.29 is 23.8 Å². The highest BCUT2D eigenvalue weighted by molar-refractivity contribution is 6.07. The smallest absolute Gasteiger partial charge is 0.267 e. The molecule has 0 bridgehead atoms. The number of ether oxygens (including phenoxy) is 3. The van der Waals surface area contributed by atoms with E-state index in [9.17, 15) is 9.59 Å². The molecule has 4 aromatic rings. The van der Waals surface area contributed by atoms with Crippen LogP contribution in [0, 0.1) is 0 Å². The van der Waals surface area contributed by atoms with Crippen LogP contribution < -0.4 is 24.8 Å². The quantitative estimate of drug-likeness (QED) is 0.212. The van der Waals surface area contributed by atoms with Crippen LogP contribution in [-0.4, -0.2) is 53.8 Å². The van der Waals surface area contributed by atoms with Crippen LogP contribution in [0.1, 0.15) is 29.3 Å². The highest BCUT2D eigenvalue weighted by atomic mass is 16.5. The Labute approximate surface area is 227 Å². The molecule has 0 atom stereocenters. The molecule has 2 aromatic carbocycles. The van der Waals surface area contributed by atoms with Gasteiger partial charge in [-0.15, -0.1) is 0 Å². The van der Waals surface area contributed by atoms with E-state index < -0.39 is 11.8 Å². The van der Waals surface area contributed by atoms with E-state index in [0.29, 0.717) is 36.8 Å². The van der Waals surface area contributed by atoms with E-state index in [2.05, 4.69) is 27.1 Å². The van der Waals surface area contributed by atoms with Crippen molar-refractivity contribution in [1.82, 2.24) is 24.8 Å². The first-order chi connectivity index (χ1) is 19.0. The predicted octanol–water partition coefficient (Wildman–Crippen LogP) is 3.86. The molecule has 0 aliphatic carbocycles. The lowest BCUT2D eigenvalue weighted by Crippen LogP contribution is -2.35. The Balaban J connectivity index is 1.63. The molecule has 0 aliphatic rings. The second kappa shape index (κ2) is 12.7. The van der Waals surface area contributed by atoms with Crippen molar-refractivity contribution in [1.29, 1.82) is 0 Å². The number of carbonyl (C=O) groups is 2. The van der Waals surface area contributed by atoms with Gasteiger partial charge in [-0.25, -0.2) is 4.98 Å². The minimum atomic E-state index is -0.492. The molecule has 0 radical (unpaired) electrons. The minimum Gasteiger partial charge on any atom is -0.493 e. The number of carbonyl (C=O) groups excluding carboxylic acids is 2. The number of hydrogen-bond acceptors (Lipinski definition) is 6. The maximum absolute atomic E-state index is 13.4. The first-order valence-electron chi connectivity index (χ1n) is 12.6. The molecule has 0 spiro atoms. The van der Waals surface area contributed by atoms with Gasteiger partial charge in [-0.1, -0.05) is 18.2 Å². The molecule has 0 unspecified atom stereocenters. The average molecular weight is 532 g/mol. The molecule has 0 saturated carbocycles. The van der Waals surface area contributed by atoms with E-state index in [4.69, 9.17) is 14.2 Å². The standard InChI is InChI=1S/C29H33N5O5/c1-5-34-18-21(22-9-6-7-10-24(22)34)15-23(29(36)31-11-8-13-33-14-12-30-19-33)32-28(35)20-16-25(37-2)27(39-4)26(17-20)38-3/h6-7,9-10,12,14-19H,5,8,11,13H2,1-4H3,(H,31,36)(H,32,35)/b23-15-. The number of amides is 2. The number of nitrogens with one attached hydrogen (secondary N) is 2. The van der Waals surface area contributed by atoms with Crippen molar-refractivity contribution in [3.63, 3.8) is 0 Å². The monoisotopic (exact) mass is 531 g/mol. The highest BCUT2D eigenvalue weighted by Gasteiger charge is 2.20. The van der Waals surface area contributed by atoms with Gasteiger partial charge < -0.3 is 34.0 Å². The molecule has 4 rings (SSSR count). The van der Waals surface area contributed by atoms with E-state index in [1.165, 1.54) is 21.3 Å². The van der Waals surface area contributed by atoms with Gasteiger partial charge in [0.2, 0.25) is 5.75 Å². The van der Waals surface area contributed by atoms with Gasteiger partial charge in [-0.2, -0.15) is 0 Å². The van der Waals surface area contributed by atoms with Crippen molar-refractivity contribution in [3.8, 4) is 17.2 Å². The normalized spacial score (nSPS) is 11.3. The summed E-state index contributed by atoms with van der Waals surface area (Å²) in [4.78, 5) is 30.8.